The summed E-state index contributed by atoms with van der Waals surface area (Å²) < 4.78 is 2.13. The largest absolute Gasteiger partial charge is 0.278 e. The molecule has 0 radical (unpaired) electrons. The Bertz CT molecular complexity index is 2860. The van der Waals surface area contributed by atoms with Crippen LogP contribution in [-0.2, 0) is 0 Å². The molecule has 238 valence electrons. The quantitative estimate of drug-likeness (QED) is 0.174. The van der Waals surface area contributed by atoms with Crippen LogP contribution in [0.5, 0.6) is 0 Å². The maximum absolute atomic E-state index is 5.25. The van der Waals surface area contributed by atoms with Crippen LogP contribution in [0.1, 0.15) is 0 Å². The highest BCUT2D eigenvalue weighted by Crippen LogP contribution is 2.38. The van der Waals surface area contributed by atoms with Crippen LogP contribution in [0, 0.1) is 0 Å². The number of para-hydroxylation sites is 1. The molecule has 0 saturated heterocycles. The fraction of sp³-hybridized carbons (Fsp3) is 0. The summed E-state index contributed by atoms with van der Waals surface area (Å²) in [4.78, 5) is 20.1. The summed E-state index contributed by atoms with van der Waals surface area (Å²) >= 11 is 0. The number of hydrogen-bond acceptors (Lipinski definition) is 4. The average Bonchev–Trinajstić information content (AvgIpc) is 3.55. The summed E-state index contributed by atoms with van der Waals surface area (Å²) in [6, 6.07) is 56.9. The van der Waals surface area contributed by atoms with Gasteiger partial charge < -0.3 is 0 Å². The first-order valence-electron chi connectivity index (χ1n) is 17.1. The SMILES string of the molecule is c1ccc(-c2cccc(-c3cc(-c4cc5ccccc5c5ccccc45)cc(-c4ccc(-n5c6ccccc6c6cccnc65)nc4)n3)n2)cc1. The Labute approximate surface area is 294 Å². The van der Waals surface area contributed by atoms with E-state index in [1.807, 2.05) is 48.8 Å². The Kier molecular flexibility index (Phi) is 6.74. The van der Waals surface area contributed by atoms with Crippen molar-refractivity contribution in [3.05, 3.63) is 176 Å². The van der Waals surface area contributed by atoms with E-state index in [1.54, 1.807) is 0 Å². The Morgan fingerprint density at radius 3 is 1.96 bits per heavy atom. The second kappa shape index (κ2) is 11.9. The van der Waals surface area contributed by atoms with Gasteiger partial charge in [0.15, 0.2) is 0 Å². The lowest BCUT2D eigenvalue weighted by Gasteiger charge is -2.14. The standard InChI is InChI=1S/C46H29N5/c1-2-12-30(13-3-1)40-20-10-21-41(49-40)43-28-33(39-26-31-14-4-5-15-34(31)35-16-6-7-17-36(35)39)27-42(50-43)32-23-24-45(48-29-32)51-44-22-9-8-18-37(44)38-19-11-25-47-46(38)51/h1-29H. The van der Waals surface area contributed by atoms with Crippen LogP contribution in [0.25, 0.3) is 94.3 Å². The predicted molar refractivity (Wildman–Crippen MR) is 209 cm³/mol. The molecule has 0 bridgehead atoms. The third-order valence-electron chi connectivity index (χ3n) is 9.69. The maximum atomic E-state index is 5.25. The second-order valence-corrected chi connectivity index (χ2v) is 12.7. The van der Waals surface area contributed by atoms with Gasteiger partial charge in [-0.2, -0.15) is 0 Å². The lowest BCUT2D eigenvalue weighted by Crippen LogP contribution is -1.99. The summed E-state index contributed by atoms with van der Waals surface area (Å²) in [5.41, 5.74) is 9.49. The molecule has 0 aliphatic carbocycles. The molecule has 5 heterocycles. The molecule has 51 heavy (non-hydrogen) atoms. The molecule has 5 aromatic heterocycles. The van der Waals surface area contributed by atoms with Gasteiger partial charge in [-0.25, -0.2) is 19.9 Å². The fourth-order valence-electron chi connectivity index (χ4n) is 7.30. The second-order valence-electron chi connectivity index (χ2n) is 12.7. The number of aromatic nitrogens is 5. The van der Waals surface area contributed by atoms with Crippen LogP contribution in [0.2, 0.25) is 0 Å². The van der Waals surface area contributed by atoms with Gasteiger partial charge in [0.25, 0.3) is 0 Å². The maximum Gasteiger partial charge on any atom is 0.146 e. The van der Waals surface area contributed by atoms with Crippen molar-refractivity contribution in [1.29, 1.82) is 0 Å². The van der Waals surface area contributed by atoms with Crippen molar-refractivity contribution in [2.45, 2.75) is 0 Å². The molecule has 0 fully saturated rings. The fourth-order valence-corrected chi connectivity index (χ4v) is 7.30. The van der Waals surface area contributed by atoms with Gasteiger partial charge in [0.2, 0.25) is 0 Å². The van der Waals surface area contributed by atoms with Gasteiger partial charge in [-0.1, -0.05) is 103 Å². The highest BCUT2D eigenvalue weighted by molar-refractivity contribution is 6.14. The van der Waals surface area contributed by atoms with E-state index in [-0.39, 0.29) is 0 Å². The van der Waals surface area contributed by atoms with E-state index in [0.29, 0.717) is 0 Å². The van der Waals surface area contributed by atoms with Gasteiger partial charge in [0.05, 0.1) is 28.3 Å². The molecule has 10 rings (SSSR count). The Morgan fingerprint density at radius 1 is 0.392 bits per heavy atom. The lowest BCUT2D eigenvalue weighted by atomic mass is 9.92. The molecule has 10 aromatic rings. The van der Waals surface area contributed by atoms with Crippen LogP contribution in [0.15, 0.2) is 176 Å². The van der Waals surface area contributed by atoms with Crippen molar-refractivity contribution in [3.63, 3.8) is 0 Å². The van der Waals surface area contributed by atoms with E-state index in [2.05, 4.69) is 132 Å². The number of hydrogen-bond donors (Lipinski definition) is 0. The predicted octanol–water partition coefficient (Wildman–Crippen LogP) is 11.3. The van der Waals surface area contributed by atoms with E-state index in [9.17, 15) is 0 Å². The molecule has 0 N–H and O–H groups in total. The molecule has 0 saturated carbocycles. The Morgan fingerprint density at radius 2 is 1.10 bits per heavy atom. The molecule has 0 amide bonds. The van der Waals surface area contributed by atoms with Crippen molar-refractivity contribution >= 4 is 43.5 Å². The van der Waals surface area contributed by atoms with Crippen LogP contribution in [0.4, 0.5) is 0 Å². The zero-order valence-corrected chi connectivity index (χ0v) is 27.5. The molecule has 5 aromatic carbocycles. The number of nitrogens with zero attached hydrogens (tertiary/aromatic N) is 5. The molecule has 5 heteroatoms. The van der Waals surface area contributed by atoms with Crippen molar-refractivity contribution in [2.75, 3.05) is 0 Å². The van der Waals surface area contributed by atoms with Crippen LogP contribution in [0.3, 0.4) is 0 Å². The monoisotopic (exact) mass is 651 g/mol. The molecule has 0 spiro atoms. The first kappa shape index (κ1) is 29.0. The van der Waals surface area contributed by atoms with Crippen LogP contribution >= 0.6 is 0 Å². The van der Waals surface area contributed by atoms with Gasteiger partial charge in [0.1, 0.15) is 11.5 Å². The number of rotatable bonds is 5. The number of fused-ring (bicyclic) bond motifs is 6. The summed E-state index contributed by atoms with van der Waals surface area (Å²) in [5.74, 6) is 0.804. The molecular weight excluding hydrogens is 623 g/mol. The smallest absolute Gasteiger partial charge is 0.146 e. The third-order valence-corrected chi connectivity index (χ3v) is 9.69. The lowest BCUT2D eigenvalue weighted by molar-refractivity contribution is 1.06. The minimum atomic E-state index is 0.799. The highest BCUT2D eigenvalue weighted by Gasteiger charge is 2.17. The van der Waals surface area contributed by atoms with Gasteiger partial charge in [0, 0.05) is 34.3 Å². The topological polar surface area (TPSA) is 56.5 Å². The van der Waals surface area contributed by atoms with Gasteiger partial charge in [-0.15, -0.1) is 0 Å². The number of benzene rings is 5. The minimum absolute atomic E-state index is 0.799. The van der Waals surface area contributed by atoms with Crippen molar-refractivity contribution in [2.24, 2.45) is 0 Å². The van der Waals surface area contributed by atoms with Crippen LogP contribution < -0.4 is 0 Å². The molecule has 0 atom stereocenters. The zero-order chi connectivity index (χ0) is 33.7. The van der Waals surface area contributed by atoms with E-state index >= 15 is 0 Å². The number of pyridine rings is 4. The van der Waals surface area contributed by atoms with E-state index < -0.39 is 0 Å². The molecule has 5 nitrogen and oxygen atoms in total. The molecular formula is C46H29N5. The third kappa shape index (κ3) is 4.94. The van der Waals surface area contributed by atoms with Crippen molar-refractivity contribution < 1.29 is 0 Å². The molecule has 0 aliphatic rings. The van der Waals surface area contributed by atoms with E-state index in [4.69, 9.17) is 19.9 Å². The van der Waals surface area contributed by atoms with Gasteiger partial charge >= 0.3 is 0 Å². The summed E-state index contributed by atoms with van der Waals surface area (Å²) in [7, 11) is 0. The summed E-state index contributed by atoms with van der Waals surface area (Å²) in [6.45, 7) is 0. The Balaban J connectivity index is 1.17. The van der Waals surface area contributed by atoms with Crippen LogP contribution in [-0.4, -0.2) is 24.5 Å². The van der Waals surface area contributed by atoms with Gasteiger partial charge in [-0.3, -0.25) is 4.57 Å². The van der Waals surface area contributed by atoms with Gasteiger partial charge in [-0.05, 0) is 93.3 Å². The summed E-state index contributed by atoms with van der Waals surface area (Å²) in [6.07, 6.45) is 3.75. The van der Waals surface area contributed by atoms with E-state index in [0.717, 1.165) is 72.8 Å². The average molecular weight is 652 g/mol. The van der Waals surface area contributed by atoms with Crippen molar-refractivity contribution in [1.82, 2.24) is 24.5 Å². The normalized spacial score (nSPS) is 11.5. The molecule has 0 unspecified atom stereocenters. The first-order chi connectivity index (χ1) is 25.3. The summed E-state index contributed by atoms with van der Waals surface area (Å²) in [5, 5.41) is 7.10. The minimum Gasteiger partial charge on any atom is -0.278 e. The van der Waals surface area contributed by atoms with Crippen molar-refractivity contribution in [3.8, 4) is 50.8 Å². The van der Waals surface area contributed by atoms with E-state index in [1.165, 1.54) is 21.5 Å². The highest BCUT2D eigenvalue weighted by atomic mass is 15.1. The first-order valence-corrected chi connectivity index (χ1v) is 17.1. The Hall–Kier alpha value is -6.98. The molecule has 0 aliphatic heterocycles. The zero-order valence-electron chi connectivity index (χ0n) is 27.5.